The van der Waals surface area contributed by atoms with E-state index < -0.39 is 5.97 Å². The zero-order valence-electron chi connectivity index (χ0n) is 8.58. The zero-order valence-corrected chi connectivity index (χ0v) is 8.58. The second-order valence-corrected chi connectivity index (χ2v) is 3.20. The number of aromatic carboxylic acids is 1. The third-order valence-electron chi connectivity index (χ3n) is 2.00. The summed E-state index contributed by atoms with van der Waals surface area (Å²) in [6, 6.07) is 4.80. The van der Waals surface area contributed by atoms with Crippen LogP contribution in [0.5, 0.6) is 0 Å². The predicted molar refractivity (Wildman–Crippen MR) is 57.7 cm³/mol. The Balaban J connectivity index is 2.31. The number of anilines is 2. The Morgan fingerprint density at radius 1 is 1.50 bits per heavy atom. The average Bonchev–Trinajstić information content (AvgIpc) is 2.64. The van der Waals surface area contributed by atoms with Gasteiger partial charge in [-0.25, -0.2) is 9.78 Å². The second kappa shape index (κ2) is 4.01. The molecule has 16 heavy (non-hydrogen) atoms. The first-order valence-corrected chi connectivity index (χ1v) is 4.62. The number of nitrogens with one attached hydrogen (secondary N) is 1. The summed E-state index contributed by atoms with van der Waals surface area (Å²) in [4.78, 5) is 14.9. The fourth-order valence-electron chi connectivity index (χ4n) is 1.28. The van der Waals surface area contributed by atoms with Crippen LogP contribution in [0.4, 0.5) is 11.6 Å². The van der Waals surface area contributed by atoms with Gasteiger partial charge >= 0.3 is 5.97 Å². The number of rotatable bonds is 3. The molecular weight excluding hydrogens is 208 g/mol. The van der Waals surface area contributed by atoms with Crippen molar-refractivity contribution >= 4 is 17.6 Å². The van der Waals surface area contributed by atoms with Gasteiger partial charge < -0.3 is 10.4 Å². The zero-order chi connectivity index (χ0) is 11.5. The third-order valence-corrected chi connectivity index (χ3v) is 2.00. The van der Waals surface area contributed by atoms with Crippen molar-refractivity contribution in [3.8, 4) is 0 Å². The van der Waals surface area contributed by atoms with E-state index in [9.17, 15) is 4.79 Å². The van der Waals surface area contributed by atoms with Crippen LogP contribution in [-0.4, -0.2) is 25.8 Å². The van der Waals surface area contributed by atoms with E-state index in [2.05, 4.69) is 15.4 Å². The minimum Gasteiger partial charge on any atom is -0.478 e. The molecule has 82 valence electrons. The first-order valence-electron chi connectivity index (χ1n) is 4.62. The molecule has 0 aliphatic carbocycles. The predicted octanol–water partition coefficient (Wildman–Crippen LogP) is 1.26. The molecule has 0 radical (unpaired) electrons. The average molecular weight is 218 g/mol. The molecule has 0 aromatic carbocycles. The van der Waals surface area contributed by atoms with E-state index in [1.807, 2.05) is 0 Å². The van der Waals surface area contributed by atoms with Crippen LogP contribution >= 0.6 is 0 Å². The quantitative estimate of drug-likeness (QED) is 0.810. The second-order valence-electron chi connectivity index (χ2n) is 3.20. The summed E-state index contributed by atoms with van der Waals surface area (Å²) in [5, 5.41) is 15.9. The van der Waals surface area contributed by atoms with Gasteiger partial charge in [-0.3, -0.25) is 4.68 Å². The highest BCUT2D eigenvalue weighted by Gasteiger charge is 2.11. The molecule has 6 heteroatoms. The number of nitrogens with zero attached hydrogens (tertiary/aromatic N) is 3. The number of aryl methyl sites for hydroxylation is 1. The Morgan fingerprint density at radius 2 is 2.31 bits per heavy atom. The van der Waals surface area contributed by atoms with Crippen LogP contribution < -0.4 is 5.32 Å². The van der Waals surface area contributed by atoms with Crippen molar-refractivity contribution in [2.75, 3.05) is 5.32 Å². The fraction of sp³-hybridized carbons (Fsp3) is 0.100. The van der Waals surface area contributed by atoms with E-state index in [0.29, 0.717) is 5.82 Å². The van der Waals surface area contributed by atoms with E-state index in [-0.39, 0.29) is 11.4 Å². The van der Waals surface area contributed by atoms with E-state index in [1.54, 1.807) is 30.1 Å². The molecule has 0 amide bonds. The summed E-state index contributed by atoms with van der Waals surface area (Å²) in [5.74, 6) is -0.177. The topological polar surface area (TPSA) is 80.0 Å². The lowest BCUT2D eigenvalue weighted by Gasteiger charge is -2.04. The standard InChI is InChI=1S/C10H10N4O2/c1-14-6-4-8(13-14)12-9-7(10(15)16)3-2-5-11-9/h2-6H,1H3,(H,15,16)(H,11,12,13). The Hall–Kier alpha value is -2.37. The lowest BCUT2D eigenvalue weighted by atomic mass is 10.2. The van der Waals surface area contributed by atoms with Gasteiger partial charge in [0.25, 0.3) is 0 Å². The number of aromatic nitrogens is 3. The monoisotopic (exact) mass is 218 g/mol. The van der Waals surface area contributed by atoms with Crippen molar-refractivity contribution in [3.05, 3.63) is 36.2 Å². The van der Waals surface area contributed by atoms with E-state index in [4.69, 9.17) is 5.11 Å². The first-order chi connectivity index (χ1) is 7.66. The summed E-state index contributed by atoms with van der Waals surface area (Å²) in [5.41, 5.74) is 0.119. The number of carbonyl (C=O) groups is 1. The lowest BCUT2D eigenvalue weighted by molar-refractivity contribution is 0.0697. The molecule has 0 fully saturated rings. The molecule has 0 saturated carbocycles. The maximum Gasteiger partial charge on any atom is 0.339 e. The SMILES string of the molecule is Cn1ccc(Nc2ncccc2C(=O)O)n1. The summed E-state index contributed by atoms with van der Waals surface area (Å²) in [6.45, 7) is 0. The maximum atomic E-state index is 10.9. The molecule has 0 spiro atoms. The summed E-state index contributed by atoms with van der Waals surface area (Å²) < 4.78 is 1.62. The number of carboxylic acid groups (broad SMARTS) is 1. The molecule has 2 aromatic rings. The molecule has 2 N–H and O–H groups in total. The molecular formula is C10H10N4O2. The van der Waals surface area contributed by atoms with Crippen LogP contribution in [0.25, 0.3) is 0 Å². The Bertz CT molecular complexity index is 521. The van der Waals surface area contributed by atoms with Gasteiger partial charge in [-0.15, -0.1) is 0 Å². The Kier molecular flexibility index (Phi) is 2.55. The summed E-state index contributed by atoms with van der Waals surface area (Å²) in [7, 11) is 1.78. The van der Waals surface area contributed by atoms with Crippen molar-refractivity contribution in [1.29, 1.82) is 0 Å². The van der Waals surface area contributed by atoms with Gasteiger partial charge in [-0.2, -0.15) is 5.10 Å². The molecule has 0 aliphatic heterocycles. The fourth-order valence-corrected chi connectivity index (χ4v) is 1.28. The van der Waals surface area contributed by atoms with Crippen molar-refractivity contribution in [2.24, 2.45) is 7.05 Å². The van der Waals surface area contributed by atoms with Gasteiger partial charge in [0.15, 0.2) is 5.82 Å². The third kappa shape index (κ3) is 2.00. The lowest BCUT2D eigenvalue weighted by Crippen LogP contribution is -2.04. The van der Waals surface area contributed by atoms with Gasteiger partial charge in [0.05, 0.1) is 0 Å². The van der Waals surface area contributed by atoms with Crippen LogP contribution in [0.2, 0.25) is 0 Å². The van der Waals surface area contributed by atoms with Gasteiger partial charge in [0.2, 0.25) is 0 Å². The molecule has 0 bridgehead atoms. The van der Waals surface area contributed by atoms with Crippen LogP contribution in [0.15, 0.2) is 30.6 Å². The molecule has 6 nitrogen and oxygen atoms in total. The number of hydrogen-bond donors (Lipinski definition) is 2. The van der Waals surface area contributed by atoms with Gasteiger partial charge in [0.1, 0.15) is 11.4 Å². The number of hydrogen-bond acceptors (Lipinski definition) is 4. The smallest absolute Gasteiger partial charge is 0.339 e. The molecule has 2 aromatic heterocycles. The van der Waals surface area contributed by atoms with Gasteiger partial charge in [-0.05, 0) is 12.1 Å². The van der Waals surface area contributed by atoms with Crippen molar-refractivity contribution in [3.63, 3.8) is 0 Å². The number of carboxylic acids is 1. The largest absolute Gasteiger partial charge is 0.478 e. The molecule has 0 saturated heterocycles. The minimum absolute atomic E-state index is 0.119. The van der Waals surface area contributed by atoms with Crippen molar-refractivity contribution in [1.82, 2.24) is 14.8 Å². The number of pyridine rings is 1. The molecule has 2 heterocycles. The van der Waals surface area contributed by atoms with Crippen LogP contribution in [0, 0.1) is 0 Å². The van der Waals surface area contributed by atoms with Gasteiger partial charge in [0, 0.05) is 25.5 Å². The van der Waals surface area contributed by atoms with E-state index in [0.717, 1.165) is 0 Å². The van der Waals surface area contributed by atoms with Crippen LogP contribution in [0.1, 0.15) is 10.4 Å². The van der Waals surface area contributed by atoms with Crippen LogP contribution in [0.3, 0.4) is 0 Å². The van der Waals surface area contributed by atoms with E-state index in [1.165, 1.54) is 12.3 Å². The first kappa shape index (κ1) is 10.2. The Morgan fingerprint density at radius 3 is 2.94 bits per heavy atom. The molecule has 0 unspecified atom stereocenters. The van der Waals surface area contributed by atoms with Crippen molar-refractivity contribution in [2.45, 2.75) is 0 Å². The highest BCUT2D eigenvalue weighted by molar-refractivity contribution is 5.93. The minimum atomic E-state index is -1.02. The van der Waals surface area contributed by atoms with Gasteiger partial charge in [-0.1, -0.05) is 0 Å². The summed E-state index contributed by atoms with van der Waals surface area (Å²) >= 11 is 0. The Labute approximate surface area is 91.6 Å². The van der Waals surface area contributed by atoms with Crippen LogP contribution in [-0.2, 0) is 7.05 Å². The normalized spacial score (nSPS) is 10.1. The highest BCUT2D eigenvalue weighted by atomic mass is 16.4. The highest BCUT2D eigenvalue weighted by Crippen LogP contribution is 2.16. The molecule has 0 atom stereocenters. The molecule has 0 aliphatic rings. The van der Waals surface area contributed by atoms with Crippen molar-refractivity contribution < 1.29 is 9.90 Å². The van der Waals surface area contributed by atoms with E-state index >= 15 is 0 Å². The molecule has 2 rings (SSSR count). The summed E-state index contributed by atoms with van der Waals surface area (Å²) in [6.07, 6.45) is 3.28. The maximum absolute atomic E-state index is 10.9.